The molecule has 0 aliphatic carbocycles. The Morgan fingerprint density at radius 2 is 1.90 bits per heavy atom. The number of hydrogen-bond donors (Lipinski definition) is 1. The summed E-state index contributed by atoms with van der Waals surface area (Å²) in [5.41, 5.74) is 4.34. The van der Waals surface area contributed by atoms with E-state index in [0.29, 0.717) is 12.5 Å². The Hall–Kier alpha value is -1.58. The van der Waals surface area contributed by atoms with Crippen molar-refractivity contribution >= 4 is 11.6 Å². The highest BCUT2D eigenvalue weighted by Crippen LogP contribution is 2.22. The molecule has 0 atom stereocenters. The summed E-state index contributed by atoms with van der Waals surface area (Å²) in [5.74, 6) is 0.701. The lowest BCUT2D eigenvalue weighted by Crippen LogP contribution is -2.11. The average molecular weight is 291 g/mol. The lowest BCUT2D eigenvalue weighted by atomic mass is 10.1. The van der Waals surface area contributed by atoms with Crippen molar-refractivity contribution in [2.24, 2.45) is 0 Å². The van der Waals surface area contributed by atoms with Gasteiger partial charge in [-0.05, 0) is 50.2 Å². The van der Waals surface area contributed by atoms with E-state index in [1.807, 2.05) is 38.2 Å². The predicted molar refractivity (Wildman–Crippen MR) is 82.3 cm³/mol. The molecule has 0 saturated carbocycles. The Morgan fingerprint density at radius 1 is 1.20 bits per heavy atom. The summed E-state index contributed by atoms with van der Waals surface area (Å²) in [5, 5.41) is 3.88. The van der Waals surface area contributed by atoms with E-state index in [2.05, 4.69) is 23.3 Å². The normalized spacial score (nSPS) is 10.6. The minimum atomic E-state index is 0.490. The predicted octanol–water partition coefficient (Wildman–Crippen LogP) is 3.65. The van der Waals surface area contributed by atoms with Gasteiger partial charge in [0.2, 0.25) is 5.88 Å². The maximum Gasteiger partial charge on any atom is 0.218 e. The summed E-state index contributed by atoms with van der Waals surface area (Å²) in [6.45, 7) is 5.29. The van der Waals surface area contributed by atoms with E-state index in [1.54, 1.807) is 0 Å². The second-order valence-electron chi connectivity index (χ2n) is 4.81. The number of aromatic nitrogens is 1. The van der Waals surface area contributed by atoms with Crippen LogP contribution in [0.4, 0.5) is 0 Å². The zero-order valence-corrected chi connectivity index (χ0v) is 12.8. The molecule has 0 aliphatic heterocycles. The largest absolute Gasteiger partial charge is 0.473 e. The summed E-state index contributed by atoms with van der Waals surface area (Å²) in [4.78, 5) is 4.50. The molecule has 1 aromatic heterocycles. The van der Waals surface area contributed by atoms with E-state index < -0.39 is 0 Å². The highest BCUT2D eigenvalue weighted by Gasteiger charge is 2.09. The number of halogens is 1. The Kier molecular flexibility index (Phi) is 4.99. The van der Waals surface area contributed by atoms with Crippen LogP contribution in [-0.4, -0.2) is 12.0 Å². The third-order valence-corrected chi connectivity index (χ3v) is 3.33. The Bertz CT molecular complexity index is 582. The van der Waals surface area contributed by atoms with Crippen LogP contribution in [0.2, 0.25) is 5.02 Å². The first-order valence-electron chi connectivity index (χ1n) is 6.59. The summed E-state index contributed by atoms with van der Waals surface area (Å²) in [6, 6.07) is 9.72. The first kappa shape index (κ1) is 14.8. The molecular formula is C16H19ClN2O. The fourth-order valence-electron chi connectivity index (χ4n) is 2.07. The van der Waals surface area contributed by atoms with Gasteiger partial charge in [-0.2, -0.15) is 0 Å². The molecular weight excluding hydrogens is 272 g/mol. The second-order valence-corrected chi connectivity index (χ2v) is 5.25. The fourth-order valence-corrected chi connectivity index (χ4v) is 2.20. The molecule has 20 heavy (non-hydrogen) atoms. The smallest absolute Gasteiger partial charge is 0.218 e. The van der Waals surface area contributed by atoms with Crippen molar-refractivity contribution in [3.05, 3.63) is 57.7 Å². The second kappa shape index (κ2) is 6.73. The van der Waals surface area contributed by atoms with Crippen molar-refractivity contribution in [3.63, 3.8) is 0 Å². The molecule has 2 aromatic rings. The monoisotopic (exact) mass is 290 g/mol. The minimum Gasteiger partial charge on any atom is -0.473 e. The zero-order chi connectivity index (χ0) is 14.5. The van der Waals surface area contributed by atoms with E-state index in [4.69, 9.17) is 16.3 Å². The summed E-state index contributed by atoms with van der Waals surface area (Å²) in [7, 11) is 1.92. The van der Waals surface area contributed by atoms with Crippen LogP contribution in [0.25, 0.3) is 0 Å². The number of pyridine rings is 1. The van der Waals surface area contributed by atoms with Crippen LogP contribution in [0.1, 0.15) is 22.4 Å². The molecule has 1 N–H and O–H groups in total. The van der Waals surface area contributed by atoms with Crippen LogP contribution < -0.4 is 10.1 Å². The fraction of sp³-hybridized carbons (Fsp3) is 0.312. The SMILES string of the molecule is CNCc1c(C)cc(C)nc1OCc1ccc(Cl)cc1. The lowest BCUT2D eigenvalue weighted by molar-refractivity contribution is 0.289. The van der Waals surface area contributed by atoms with Gasteiger partial charge in [0, 0.05) is 22.8 Å². The molecule has 0 radical (unpaired) electrons. The molecule has 4 heteroatoms. The van der Waals surface area contributed by atoms with E-state index in [-0.39, 0.29) is 0 Å². The lowest BCUT2D eigenvalue weighted by Gasteiger charge is -2.14. The quantitative estimate of drug-likeness (QED) is 0.913. The van der Waals surface area contributed by atoms with Crippen molar-refractivity contribution in [1.29, 1.82) is 0 Å². The van der Waals surface area contributed by atoms with Gasteiger partial charge in [0.25, 0.3) is 0 Å². The molecule has 1 heterocycles. The van der Waals surface area contributed by atoms with Crippen molar-refractivity contribution in [2.75, 3.05) is 7.05 Å². The van der Waals surface area contributed by atoms with E-state index in [0.717, 1.165) is 28.4 Å². The Labute approximate surface area is 124 Å². The van der Waals surface area contributed by atoms with Crippen molar-refractivity contribution in [1.82, 2.24) is 10.3 Å². The summed E-state index contributed by atoms with van der Waals surface area (Å²) < 4.78 is 5.88. The molecule has 0 unspecified atom stereocenters. The van der Waals surface area contributed by atoms with Crippen molar-refractivity contribution in [3.8, 4) is 5.88 Å². The molecule has 106 valence electrons. The third-order valence-electron chi connectivity index (χ3n) is 3.08. The third kappa shape index (κ3) is 3.71. The van der Waals surface area contributed by atoms with Crippen LogP contribution in [-0.2, 0) is 13.2 Å². The molecule has 0 bridgehead atoms. The van der Waals surface area contributed by atoms with Crippen LogP contribution >= 0.6 is 11.6 Å². The van der Waals surface area contributed by atoms with Gasteiger partial charge < -0.3 is 10.1 Å². The molecule has 0 amide bonds. The van der Waals surface area contributed by atoms with Crippen LogP contribution in [0, 0.1) is 13.8 Å². The molecule has 0 spiro atoms. The number of benzene rings is 1. The molecule has 0 aliphatic rings. The highest BCUT2D eigenvalue weighted by molar-refractivity contribution is 6.30. The Morgan fingerprint density at radius 3 is 2.55 bits per heavy atom. The van der Waals surface area contributed by atoms with Gasteiger partial charge in [-0.15, -0.1) is 0 Å². The number of aryl methyl sites for hydroxylation is 2. The van der Waals surface area contributed by atoms with E-state index in [1.165, 1.54) is 5.56 Å². The van der Waals surface area contributed by atoms with Gasteiger partial charge in [-0.3, -0.25) is 0 Å². The highest BCUT2D eigenvalue weighted by atomic mass is 35.5. The topological polar surface area (TPSA) is 34.2 Å². The summed E-state index contributed by atoms with van der Waals surface area (Å²) in [6.07, 6.45) is 0. The molecule has 3 nitrogen and oxygen atoms in total. The first-order valence-corrected chi connectivity index (χ1v) is 6.97. The summed E-state index contributed by atoms with van der Waals surface area (Å²) >= 11 is 5.88. The molecule has 0 saturated heterocycles. The zero-order valence-electron chi connectivity index (χ0n) is 12.0. The van der Waals surface area contributed by atoms with Crippen molar-refractivity contribution in [2.45, 2.75) is 27.0 Å². The number of hydrogen-bond acceptors (Lipinski definition) is 3. The van der Waals surface area contributed by atoms with Crippen molar-refractivity contribution < 1.29 is 4.74 Å². The average Bonchev–Trinajstić information content (AvgIpc) is 2.41. The van der Waals surface area contributed by atoms with Gasteiger partial charge in [-0.1, -0.05) is 23.7 Å². The van der Waals surface area contributed by atoms with E-state index in [9.17, 15) is 0 Å². The first-order chi connectivity index (χ1) is 9.60. The minimum absolute atomic E-state index is 0.490. The Balaban J connectivity index is 2.17. The maximum atomic E-state index is 5.88. The molecule has 2 rings (SSSR count). The number of rotatable bonds is 5. The van der Waals surface area contributed by atoms with Crippen LogP contribution in [0.15, 0.2) is 30.3 Å². The maximum absolute atomic E-state index is 5.88. The number of nitrogens with zero attached hydrogens (tertiary/aromatic N) is 1. The standard InChI is InChI=1S/C16H19ClN2O/c1-11-8-12(2)19-16(15(11)9-18-3)20-10-13-4-6-14(17)7-5-13/h4-8,18H,9-10H2,1-3H3. The molecule has 1 aromatic carbocycles. The van der Waals surface area contributed by atoms with Gasteiger partial charge >= 0.3 is 0 Å². The van der Waals surface area contributed by atoms with Gasteiger partial charge in [-0.25, -0.2) is 4.98 Å². The van der Waals surface area contributed by atoms with E-state index >= 15 is 0 Å². The van der Waals surface area contributed by atoms with Gasteiger partial charge in [0.15, 0.2) is 0 Å². The number of ether oxygens (including phenoxy) is 1. The molecule has 0 fully saturated rings. The van der Waals surface area contributed by atoms with Gasteiger partial charge in [0.05, 0.1) is 0 Å². The number of nitrogens with one attached hydrogen (secondary N) is 1. The van der Waals surface area contributed by atoms with Crippen LogP contribution in [0.3, 0.4) is 0 Å². The van der Waals surface area contributed by atoms with Crippen LogP contribution in [0.5, 0.6) is 5.88 Å². The van der Waals surface area contributed by atoms with Gasteiger partial charge in [0.1, 0.15) is 6.61 Å².